The number of ketones is 2. The van der Waals surface area contributed by atoms with Crippen molar-refractivity contribution in [3.05, 3.63) is 22.8 Å². The van der Waals surface area contributed by atoms with Gasteiger partial charge in [-0.05, 0) is 77.9 Å². The van der Waals surface area contributed by atoms with Gasteiger partial charge in [-0.2, -0.15) is 0 Å². The number of hydrogen-bond donors (Lipinski definition) is 0. The predicted molar refractivity (Wildman–Crippen MR) is 103 cm³/mol. The lowest BCUT2D eigenvalue weighted by atomic mass is 9.85. The van der Waals surface area contributed by atoms with Gasteiger partial charge >= 0.3 is 5.97 Å². The van der Waals surface area contributed by atoms with E-state index in [0.29, 0.717) is 37.7 Å². The number of epoxide rings is 1. The number of rotatable bonds is 1. The first kappa shape index (κ1) is 21.5. The number of hydrogen-bond acceptors (Lipinski definition) is 5. The Morgan fingerprint density at radius 2 is 1.74 bits per heavy atom. The fourth-order valence-electron chi connectivity index (χ4n) is 3.76. The fraction of sp³-hybridized carbons (Fsp3) is 0.682. The highest BCUT2D eigenvalue weighted by atomic mass is 16.6. The molecule has 0 aromatic carbocycles. The third-order valence-electron chi connectivity index (χ3n) is 5.73. The standard InChI is InChI=1S/C22H32O5/c1-14(2)17-9-12-21(5,26-16(4)23)13-10-18(24)15(3)8-7-11-22(6)20(27-22)19(17)25/h8,20H,7,9-13H2,1-6H3/b15-8-/t20-,21+,22-/m0/s1. The van der Waals surface area contributed by atoms with Gasteiger partial charge < -0.3 is 9.47 Å². The molecule has 27 heavy (non-hydrogen) atoms. The van der Waals surface area contributed by atoms with Crippen molar-refractivity contribution in [3.8, 4) is 0 Å². The van der Waals surface area contributed by atoms with Crippen LogP contribution < -0.4 is 0 Å². The lowest BCUT2D eigenvalue weighted by Crippen LogP contribution is -2.33. The van der Waals surface area contributed by atoms with Crippen LogP contribution in [0.2, 0.25) is 0 Å². The largest absolute Gasteiger partial charge is 0.460 e. The molecule has 0 amide bonds. The van der Waals surface area contributed by atoms with Crippen molar-refractivity contribution in [2.75, 3.05) is 0 Å². The molecule has 1 fully saturated rings. The highest BCUT2D eigenvalue weighted by Crippen LogP contribution is 2.43. The van der Waals surface area contributed by atoms with Crippen LogP contribution >= 0.6 is 0 Å². The van der Waals surface area contributed by atoms with Crippen LogP contribution in [0.15, 0.2) is 22.8 Å². The van der Waals surface area contributed by atoms with E-state index in [1.54, 1.807) is 0 Å². The van der Waals surface area contributed by atoms with Gasteiger partial charge in [0.15, 0.2) is 11.6 Å². The average Bonchev–Trinajstić information content (AvgIpc) is 3.22. The molecule has 5 heteroatoms. The van der Waals surface area contributed by atoms with E-state index in [4.69, 9.17) is 9.47 Å². The van der Waals surface area contributed by atoms with Gasteiger partial charge in [-0.3, -0.25) is 14.4 Å². The molecule has 0 saturated carbocycles. The highest BCUT2D eigenvalue weighted by Gasteiger charge is 2.56. The first-order chi connectivity index (χ1) is 12.5. The molecule has 0 radical (unpaired) electrons. The number of carbonyl (C=O) groups is 3. The zero-order chi connectivity index (χ0) is 20.4. The second kappa shape index (κ2) is 8.09. The third-order valence-corrected chi connectivity index (χ3v) is 5.73. The Balaban J connectivity index is 2.32. The summed E-state index contributed by atoms with van der Waals surface area (Å²) in [6.07, 6.45) is 4.68. The highest BCUT2D eigenvalue weighted by molar-refractivity contribution is 6.02. The van der Waals surface area contributed by atoms with E-state index in [0.717, 1.165) is 17.6 Å². The van der Waals surface area contributed by atoms with Crippen molar-refractivity contribution in [2.45, 2.75) is 97.4 Å². The number of allylic oxidation sites excluding steroid dienone is 3. The Bertz CT molecular complexity index is 697. The summed E-state index contributed by atoms with van der Waals surface area (Å²) >= 11 is 0. The molecule has 5 nitrogen and oxygen atoms in total. The number of carbonyl (C=O) groups excluding carboxylic acids is 3. The van der Waals surface area contributed by atoms with Crippen molar-refractivity contribution in [1.82, 2.24) is 0 Å². The van der Waals surface area contributed by atoms with Crippen LogP contribution in [0.5, 0.6) is 0 Å². The van der Waals surface area contributed by atoms with Gasteiger partial charge in [0.05, 0.1) is 0 Å². The summed E-state index contributed by atoms with van der Waals surface area (Å²) < 4.78 is 11.3. The molecule has 1 saturated heterocycles. The number of esters is 1. The summed E-state index contributed by atoms with van der Waals surface area (Å²) in [6, 6.07) is 0. The van der Waals surface area contributed by atoms with Crippen molar-refractivity contribution >= 4 is 17.5 Å². The third kappa shape index (κ3) is 5.38. The second-order valence-electron chi connectivity index (χ2n) is 8.55. The number of ether oxygens (including phenoxy) is 2. The SMILES string of the molecule is CC(=O)O[C@@]1(C)CCC(=O)/C(C)=C\CC[C@]2(C)O[C@H]2C(=O)C(=C(C)C)CC1. The maximum Gasteiger partial charge on any atom is 0.303 e. The number of fused-ring (bicyclic) bond motifs is 1. The summed E-state index contributed by atoms with van der Waals surface area (Å²) in [5.41, 5.74) is 1.19. The normalized spacial score (nSPS) is 34.8. The molecule has 0 aromatic heterocycles. The Hall–Kier alpha value is -1.75. The van der Waals surface area contributed by atoms with E-state index in [9.17, 15) is 14.4 Å². The average molecular weight is 376 g/mol. The van der Waals surface area contributed by atoms with Gasteiger partial charge in [0.1, 0.15) is 17.3 Å². The molecular formula is C22H32O5. The predicted octanol–water partition coefficient (Wildman–Crippen LogP) is 4.24. The van der Waals surface area contributed by atoms with Crippen LogP contribution in [-0.4, -0.2) is 34.8 Å². The Morgan fingerprint density at radius 1 is 1.11 bits per heavy atom. The zero-order valence-corrected chi connectivity index (χ0v) is 17.4. The molecule has 0 aromatic rings. The molecule has 1 aliphatic heterocycles. The van der Waals surface area contributed by atoms with Crippen molar-refractivity contribution < 1.29 is 23.9 Å². The summed E-state index contributed by atoms with van der Waals surface area (Å²) in [7, 11) is 0. The molecule has 150 valence electrons. The molecule has 0 bridgehead atoms. The maximum absolute atomic E-state index is 13.0. The van der Waals surface area contributed by atoms with Gasteiger partial charge in [-0.25, -0.2) is 0 Å². The van der Waals surface area contributed by atoms with E-state index in [1.807, 2.05) is 40.7 Å². The van der Waals surface area contributed by atoms with E-state index in [-0.39, 0.29) is 17.5 Å². The fourth-order valence-corrected chi connectivity index (χ4v) is 3.76. The zero-order valence-electron chi connectivity index (χ0n) is 17.4. The first-order valence-electron chi connectivity index (χ1n) is 9.75. The molecule has 1 aliphatic carbocycles. The van der Waals surface area contributed by atoms with Crippen LogP contribution in [0.4, 0.5) is 0 Å². The van der Waals surface area contributed by atoms with Gasteiger partial charge in [0.2, 0.25) is 0 Å². The summed E-state index contributed by atoms with van der Waals surface area (Å²) in [5.74, 6) is -0.264. The molecule has 2 aliphatic rings. The van der Waals surface area contributed by atoms with E-state index in [2.05, 4.69) is 0 Å². The van der Waals surface area contributed by atoms with Gasteiger partial charge in [0.25, 0.3) is 0 Å². The summed E-state index contributed by atoms with van der Waals surface area (Å²) in [4.78, 5) is 37.0. The monoisotopic (exact) mass is 376 g/mol. The molecule has 0 unspecified atom stereocenters. The minimum Gasteiger partial charge on any atom is -0.460 e. The lowest BCUT2D eigenvalue weighted by molar-refractivity contribution is -0.157. The van der Waals surface area contributed by atoms with Gasteiger partial charge in [0, 0.05) is 13.3 Å². The minimum atomic E-state index is -0.777. The Labute approximate surface area is 162 Å². The smallest absolute Gasteiger partial charge is 0.303 e. The van der Waals surface area contributed by atoms with Crippen molar-refractivity contribution in [1.29, 1.82) is 0 Å². The van der Waals surface area contributed by atoms with Crippen molar-refractivity contribution in [3.63, 3.8) is 0 Å². The van der Waals surface area contributed by atoms with Crippen LogP contribution in [-0.2, 0) is 23.9 Å². The Morgan fingerprint density at radius 3 is 2.33 bits per heavy atom. The molecule has 0 spiro atoms. The van der Waals surface area contributed by atoms with Gasteiger partial charge in [-0.1, -0.05) is 11.6 Å². The number of Topliss-reactive ketones (excluding diaryl/α,β-unsaturated/α-hetero) is 2. The quantitative estimate of drug-likeness (QED) is 0.389. The summed E-state index contributed by atoms with van der Waals surface area (Å²) in [6.45, 7) is 10.8. The van der Waals surface area contributed by atoms with E-state index in [1.165, 1.54) is 6.92 Å². The van der Waals surface area contributed by atoms with Crippen molar-refractivity contribution in [2.24, 2.45) is 0 Å². The second-order valence-corrected chi connectivity index (χ2v) is 8.55. The van der Waals surface area contributed by atoms with Crippen LogP contribution in [0.3, 0.4) is 0 Å². The molecule has 0 N–H and O–H groups in total. The molecule has 2 rings (SSSR count). The minimum absolute atomic E-state index is 0.0384. The van der Waals surface area contributed by atoms with Crippen LogP contribution in [0.1, 0.15) is 80.1 Å². The maximum atomic E-state index is 13.0. The first-order valence-corrected chi connectivity index (χ1v) is 9.75. The Kier molecular flexibility index (Phi) is 6.46. The topological polar surface area (TPSA) is 73.0 Å². The lowest BCUT2D eigenvalue weighted by Gasteiger charge is -2.30. The van der Waals surface area contributed by atoms with E-state index < -0.39 is 17.3 Å². The van der Waals surface area contributed by atoms with E-state index >= 15 is 0 Å². The summed E-state index contributed by atoms with van der Waals surface area (Å²) in [5, 5.41) is 0. The molecular weight excluding hydrogens is 344 g/mol. The van der Waals surface area contributed by atoms with Crippen LogP contribution in [0, 0.1) is 0 Å². The van der Waals surface area contributed by atoms with Gasteiger partial charge in [-0.15, -0.1) is 0 Å². The van der Waals surface area contributed by atoms with Crippen LogP contribution in [0.25, 0.3) is 0 Å². The molecule has 3 atom stereocenters. The molecule has 1 heterocycles.